The number of halogens is 1. The molecule has 0 spiro atoms. The Labute approximate surface area is 149 Å². The molecule has 3 rings (SSSR count). The van der Waals surface area contributed by atoms with Gasteiger partial charge >= 0.3 is 0 Å². The maximum atomic E-state index is 12.5. The van der Waals surface area contributed by atoms with Gasteiger partial charge in [-0.25, -0.2) is 0 Å². The number of fused-ring (bicyclic) bond motifs is 1. The van der Waals surface area contributed by atoms with Gasteiger partial charge in [0.25, 0.3) is 11.6 Å². The third-order valence-electron chi connectivity index (χ3n) is 4.04. The van der Waals surface area contributed by atoms with Crippen molar-refractivity contribution in [2.45, 2.75) is 13.0 Å². The molecular formula is C19H15ClN2O3. The lowest BCUT2D eigenvalue weighted by Crippen LogP contribution is -2.27. The standard InChI is InChI=1S/C19H15ClN2O3/c1-12(15-8-4-6-13-5-2-3-7-16(13)15)21-19(23)17-11-14(22(24)25)9-10-18(17)20/h2-12H,1H3,(H,21,23). The summed E-state index contributed by atoms with van der Waals surface area (Å²) in [5.41, 5.74) is 0.878. The number of hydrogen-bond donors (Lipinski definition) is 1. The SMILES string of the molecule is CC(NC(=O)c1cc([N+](=O)[O-])ccc1Cl)c1cccc2ccccc12. The Balaban J connectivity index is 1.90. The monoisotopic (exact) mass is 354 g/mol. The molecule has 1 amide bonds. The van der Waals surface area contributed by atoms with Crippen molar-refractivity contribution in [3.63, 3.8) is 0 Å². The fourth-order valence-corrected chi connectivity index (χ4v) is 2.98. The van der Waals surface area contributed by atoms with E-state index < -0.39 is 10.8 Å². The van der Waals surface area contributed by atoms with Gasteiger partial charge in [0, 0.05) is 12.1 Å². The van der Waals surface area contributed by atoms with E-state index in [0.29, 0.717) is 0 Å². The maximum absolute atomic E-state index is 12.5. The molecule has 0 aliphatic carbocycles. The van der Waals surface area contributed by atoms with E-state index in [1.54, 1.807) is 0 Å². The molecule has 1 unspecified atom stereocenters. The first kappa shape index (κ1) is 16.9. The number of rotatable bonds is 4. The quantitative estimate of drug-likeness (QED) is 0.535. The summed E-state index contributed by atoms with van der Waals surface area (Å²) in [5.74, 6) is -0.450. The predicted molar refractivity (Wildman–Crippen MR) is 97.9 cm³/mol. The summed E-state index contributed by atoms with van der Waals surface area (Å²) in [6.07, 6.45) is 0. The number of carbonyl (C=O) groups excluding carboxylic acids is 1. The van der Waals surface area contributed by atoms with Crippen LogP contribution in [-0.2, 0) is 0 Å². The van der Waals surface area contributed by atoms with E-state index in [0.717, 1.165) is 16.3 Å². The van der Waals surface area contributed by atoms with E-state index in [9.17, 15) is 14.9 Å². The highest BCUT2D eigenvalue weighted by molar-refractivity contribution is 6.34. The lowest BCUT2D eigenvalue weighted by atomic mass is 9.99. The zero-order chi connectivity index (χ0) is 18.0. The van der Waals surface area contributed by atoms with Crippen LogP contribution in [-0.4, -0.2) is 10.8 Å². The second-order valence-electron chi connectivity index (χ2n) is 5.68. The second kappa shape index (κ2) is 6.91. The Kier molecular flexibility index (Phi) is 4.67. The number of amides is 1. The first-order valence-electron chi connectivity index (χ1n) is 7.70. The zero-order valence-electron chi connectivity index (χ0n) is 13.4. The number of non-ortho nitro benzene ring substituents is 1. The minimum Gasteiger partial charge on any atom is -0.345 e. The number of nitrogens with zero attached hydrogens (tertiary/aromatic N) is 1. The van der Waals surface area contributed by atoms with Crippen LogP contribution in [0, 0.1) is 10.1 Å². The highest BCUT2D eigenvalue weighted by Crippen LogP contribution is 2.26. The molecule has 3 aromatic carbocycles. The fraction of sp³-hybridized carbons (Fsp3) is 0.105. The molecule has 0 saturated carbocycles. The molecule has 1 atom stereocenters. The fourth-order valence-electron chi connectivity index (χ4n) is 2.78. The molecule has 0 aliphatic heterocycles. The first-order chi connectivity index (χ1) is 12.0. The molecule has 0 heterocycles. The number of nitro groups is 1. The summed E-state index contributed by atoms with van der Waals surface area (Å²) in [7, 11) is 0. The van der Waals surface area contributed by atoms with Crippen LogP contribution in [0.1, 0.15) is 28.9 Å². The molecule has 0 saturated heterocycles. The smallest absolute Gasteiger partial charge is 0.270 e. The minimum atomic E-state index is -0.554. The van der Waals surface area contributed by atoms with Gasteiger partial charge in [0.2, 0.25) is 0 Å². The molecule has 5 nitrogen and oxygen atoms in total. The van der Waals surface area contributed by atoms with Crippen LogP contribution in [0.25, 0.3) is 10.8 Å². The topological polar surface area (TPSA) is 72.2 Å². The van der Waals surface area contributed by atoms with Crippen molar-refractivity contribution in [3.05, 3.63) is 86.9 Å². The van der Waals surface area contributed by atoms with Gasteiger partial charge in [-0.3, -0.25) is 14.9 Å². The summed E-state index contributed by atoms with van der Waals surface area (Å²) >= 11 is 6.04. The molecule has 1 N–H and O–H groups in total. The van der Waals surface area contributed by atoms with Gasteiger partial charge in [-0.1, -0.05) is 54.1 Å². The van der Waals surface area contributed by atoms with Crippen LogP contribution in [0.15, 0.2) is 60.7 Å². The van der Waals surface area contributed by atoms with Gasteiger partial charge in [0.15, 0.2) is 0 Å². The van der Waals surface area contributed by atoms with Crippen molar-refractivity contribution in [2.24, 2.45) is 0 Å². The first-order valence-corrected chi connectivity index (χ1v) is 8.07. The third kappa shape index (κ3) is 3.46. The van der Waals surface area contributed by atoms with E-state index in [-0.39, 0.29) is 22.3 Å². The van der Waals surface area contributed by atoms with Crippen LogP contribution in [0.4, 0.5) is 5.69 Å². The average molecular weight is 355 g/mol. The molecule has 6 heteroatoms. The molecule has 126 valence electrons. The highest BCUT2D eigenvalue weighted by atomic mass is 35.5. The number of benzene rings is 3. The van der Waals surface area contributed by atoms with Gasteiger partial charge in [0.05, 0.1) is 21.6 Å². The molecular weight excluding hydrogens is 340 g/mol. The van der Waals surface area contributed by atoms with Crippen molar-refractivity contribution in [1.82, 2.24) is 5.32 Å². The van der Waals surface area contributed by atoms with Gasteiger partial charge in [-0.05, 0) is 29.3 Å². The number of hydrogen-bond acceptors (Lipinski definition) is 3. The van der Waals surface area contributed by atoms with E-state index in [4.69, 9.17) is 11.6 Å². The van der Waals surface area contributed by atoms with Crippen LogP contribution in [0.3, 0.4) is 0 Å². The molecule has 0 radical (unpaired) electrons. The van der Waals surface area contributed by atoms with Crippen molar-refractivity contribution < 1.29 is 9.72 Å². The highest BCUT2D eigenvalue weighted by Gasteiger charge is 2.18. The summed E-state index contributed by atoms with van der Waals surface area (Å²) in [6, 6.07) is 17.3. The second-order valence-corrected chi connectivity index (χ2v) is 6.09. The third-order valence-corrected chi connectivity index (χ3v) is 4.37. The van der Waals surface area contributed by atoms with Gasteiger partial charge < -0.3 is 5.32 Å². The van der Waals surface area contributed by atoms with Crippen LogP contribution < -0.4 is 5.32 Å². The number of carbonyl (C=O) groups is 1. The molecule has 0 bridgehead atoms. The van der Waals surface area contributed by atoms with Crippen LogP contribution >= 0.6 is 11.6 Å². The van der Waals surface area contributed by atoms with E-state index in [1.165, 1.54) is 18.2 Å². The normalized spacial score (nSPS) is 11.9. The van der Waals surface area contributed by atoms with E-state index >= 15 is 0 Å². The van der Waals surface area contributed by atoms with Crippen LogP contribution in [0.2, 0.25) is 5.02 Å². The molecule has 0 aromatic heterocycles. The Morgan fingerprint density at radius 2 is 1.84 bits per heavy atom. The predicted octanol–water partition coefficient (Wildman–Crippen LogP) is 4.89. The summed E-state index contributed by atoms with van der Waals surface area (Å²) in [5, 5.41) is 16.1. The number of nitro benzene ring substituents is 1. The van der Waals surface area contributed by atoms with E-state index in [1.807, 2.05) is 49.4 Å². The zero-order valence-corrected chi connectivity index (χ0v) is 14.2. The Hall–Kier alpha value is -2.92. The van der Waals surface area contributed by atoms with Crippen molar-refractivity contribution >= 4 is 34.0 Å². The Morgan fingerprint density at radius 1 is 1.12 bits per heavy atom. The maximum Gasteiger partial charge on any atom is 0.270 e. The average Bonchev–Trinajstić information content (AvgIpc) is 2.61. The van der Waals surface area contributed by atoms with Crippen molar-refractivity contribution in [3.8, 4) is 0 Å². The Bertz CT molecular complexity index is 967. The lowest BCUT2D eigenvalue weighted by molar-refractivity contribution is -0.384. The summed E-state index contributed by atoms with van der Waals surface area (Å²) in [6.45, 7) is 1.87. The van der Waals surface area contributed by atoms with Gasteiger partial charge in [-0.15, -0.1) is 0 Å². The molecule has 0 fully saturated rings. The summed E-state index contributed by atoms with van der Waals surface area (Å²) < 4.78 is 0. The van der Waals surface area contributed by atoms with Crippen LogP contribution in [0.5, 0.6) is 0 Å². The Morgan fingerprint density at radius 3 is 2.60 bits per heavy atom. The minimum absolute atomic E-state index is 0.0861. The molecule has 3 aromatic rings. The number of nitrogens with one attached hydrogen (secondary N) is 1. The van der Waals surface area contributed by atoms with Gasteiger partial charge in [0.1, 0.15) is 0 Å². The molecule has 0 aliphatic rings. The van der Waals surface area contributed by atoms with Crippen molar-refractivity contribution in [2.75, 3.05) is 0 Å². The van der Waals surface area contributed by atoms with E-state index in [2.05, 4.69) is 5.32 Å². The summed E-state index contributed by atoms with van der Waals surface area (Å²) in [4.78, 5) is 22.9. The van der Waals surface area contributed by atoms with Gasteiger partial charge in [-0.2, -0.15) is 0 Å². The lowest BCUT2D eigenvalue weighted by Gasteiger charge is -2.17. The largest absolute Gasteiger partial charge is 0.345 e. The molecule has 25 heavy (non-hydrogen) atoms. The van der Waals surface area contributed by atoms with Crippen molar-refractivity contribution in [1.29, 1.82) is 0 Å².